The van der Waals surface area contributed by atoms with E-state index in [1.54, 1.807) is 27.0 Å². The largest absolute Gasteiger partial charge is 0.496 e. The zero-order valence-corrected chi connectivity index (χ0v) is 22.6. The molecule has 0 spiro atoms. The molecule has 0 bridgehead atoms. The van der Waals surface area contributed by atoms with Crippen molar-refractivity contribution in [1.29, 1.82) is 0 Å². The number of nitrogens with one attached hydrogen (secondary N) is 1. The third kappa shape index (κ3) is 7.93. The topological polar surface area (TPSA) is 84.9 Å². The quantitative estimate of drug-likeness (QED) is 0.311. The van der Waals surface area contributed by atoms with Crippen molar-refractivity contribution < 1.29 is 22.7 Å². The number of fused-ring (bicyclic) bond motifs is 1. The minimum atomic E-state index is -3.75. The second kappa shape index (κ2) is 13.3. The molecule has 35 heavy (non-hydrogen) atoms. The Hall–Kier alpha value is -2.13. The summed E-state index contributed by atoms with van der Waals surface area (Å²) in [5.41, 5.74) is 2.41. The molecule has 0 saturated heterocycles. The summed E-state index contributed by atoms with van der Waals surface area (Å²) < 4.78 is 39.2. The molecule has 0 saturated carbocycles. The molecule has 3 rings (SSSR count). The second-order valence-electron chi connectivity index (χ2n) is 9.08. The molecule has 1 N–H and O–H groups in total. The normalized spacial score (nSPS) is 12.9. The molecule has 9 heteroatoms. The van der Waals surface area contributed by atoms with Crippen LogP contribution in [0.5, 0.6) is 11.5 Å². The van der Waals surface area contributed by atoms with Gasteiger partial charge in [-0.1, -0.05) is 18.2 Å². The van der Waals surface area contributed by atoms with Crippen molar-refractivity contribution in [3.05, 3.63) is 53.1 Å². The van der Waals surface area contributed by atoms with Crippen molar-refractivity contribution in [2.45, 2.75) is 56.9 Å². The molecule has 1 heterocycles. The van der Waals surface area contributed by atoms with E-state index in [9.17, 15) is 13.2 Å². The third-order valence-electron chi connectivity index (χ3n) is 5.90. The van der Waals surface area contributed by atoms with Gasteiger partial charge in [-0.3, -0.25) is 4.79 Å². The molecular formula is C26H37ClN2O5S. The number of halogens is 1. The van der Waals surface area contributed by atoms with Crippen LogP contribution in [0.25, 0.3) is 0 Å². The van der Waals surface area contributed by atoms with Crippen LogP contribution in [0.4, 0.5) is 0 Å². The number of rotatable bonds is 13. The highest BCUT2D eigenvalue weighted by Gasteiger charge is 2.28. The Morgan fingerprint density at radius 3 is 2.63 bits per heavy atom. The zero-order chi connectivity index (χ0) is 24.7. The Kier molecular flexibility index (Phi) is 11.0. The molecule has 0 amide bonds. The van der Waals surface area contributed by atoms with Crippen LogP contribution in [0.15, 0.2) is 41.3 Å². The van der Waals surface area contributed by atoms with E-state index in [2.05, 4.69) is 22.7 Å². The Morgan fingerprint density at radius 2 is 1.91 bits per heavy atom. The van der Waals surface area contributed by atoms with E-state index in [0.29, 0.717) is 30.8 Å². The van der Waals surface area contributed by atoms with Crippen LogP contribution < -0.4 is 14.2 Å². The number of carbonyl (C=O) groups is 1. The molecule has 1 aliphatic heterocycles. The zero-order valence-electron chi connectivity index (χ0n) is 21.0. The lowest BCUT2D eigenvalue weighted by atomic mass is 10.0. The van der Waals surface area contributed by atoms with Crippen LogP contribution in [-0.4, -0.2) is 59.0 Å². The SMILES string of the molecule is COc1ccccc1CCN(C)CCCCC(=O)c1cc2c(c(S(=O)(=O)NC(C)C)c1)OCC2.Cl. The maximum Gasteiger partial charge on any atom is 0.244 e. The van der Waals surface area contributed by atoms with E-state index in [1.165, 1.54) is 11.6 Å². The lowest BCUT2D eigenvalue weighted by Gasteiger charge is -2.17. The number of methoxy groups -OCH3 is 1. The average molecular weight is 525 g/mol. The fourth-order valence-electron chi connectivity index (χ4n) is 4.15. The number of hydrogen-bond acceptors (Lipinski definition) is 6. The summed E-state index contributed by atoms with van der Waals surface area (Å²) in [6, 6.07) is 11.1. The molecule has 1 aliphatic rings. The number of unbranched alkanes of at least 4 members (excludes halogenated alkanes) is 1. The Bertz CT molecular complexity index is 1100. The number of ketones is 1. The highest BCUT2D eigenvalue weighted by molar-refractivity contribution is 7.89. The third-order valence-corrected chi connectivity index (χ3v) is 7.56. The molecule has 0 aliphatic carbocycles. The summed E-state index contributed by atoms with van der Waals surface area (Å²) in [5, 5.41) is 0. The van der Waals surface area contributed by atoms with Crippen LogP contribution in [-0.2, 0) is 22.9 Å². The summed E-state index contributed by atoms with van der Waals surface area (Å²) in [4.78, 5) is 15.2. The number of Topliss-reactive ketones (excluding diaryl/α,β-unsaturated/α-hetero) is 1. The maximum absolute atomic E-state index is 12.9. The molecule has 0 unspecified atom stereocenters. The number of nitrogens with zero attached hydrogens (tertiary/aromatic N) is 1. The van der Waals surface area contributed by atoms with Crippen LogP contribution in [0.3, 0.4) is 0 Å². The van der Waals surface area contributed by atoms with E-state index in [1.807, 2.05) is 18.2 Å². The Labute approximate surface area is 215 Å². The van der Waals surface area contributed by atoms with Gasteiger partial charge in [-0.2, -0.15) is 0 Å². The van der Waals surface area contributed by atoms with E-state index in [-0.39, 0.29) is 29.1 Å². The van der Waals surface area contributed by atoms with Crippen LogP contribution in [0.2, 0.25) is 0 Å². The van der Waals surface area contributed by atoms with Gasteiger partial charge < -0.3 is 14.4 Å². The van der Waals surface area contributed by atoms with Crippen LogP contribution in [0, 0.1) is 0 Å². The maximum atomic E-state index is 12.9. The molecule has 0 fully saturated rings. The lowest BCUT2D eigenvalue weighted by Crippen LogP contribution is -2.30. The smallest absolute Gasteiger partial charge is 0.244 e. The molecule has 2 aromatic carbocycles. The molecule has 0 aromatic heterocycles. The van der Waals surface area contributed by atoms with Gasteiger partial charge in [-0.15, -0.1) is 12.4 Å². The number of hydrogen-bond donors (Lipinski definition) is 1. The predicted octanol–water partition coefficient (Wildman–Crippen LogP) is 4.27. The summed E-state index contributed by atoms with van der Waals surface area (Å²) in [7, 11) is 0.0129. The molecule has 7 nitrogen and oxygen atoms in total. The first kappa shape index (κ1) is 29.1. The first-order valence-corrected chi connectivity index (χ1v) is 13.3. The van der Waals surface area contributed by atoms with Gasteiger partial charge >= 0.3 is 0 Å². The monoisotopic (exact) mass is 524 g/mol. The molecular weight excluding hydrogens is 488 g/mol. The standard InChI is InChI=1S/C26H36N2O5S.ClH/c1-19(2)27-34(30,31)25-18-22(17-21-13-16-33-26(21)25)23(29)10-7-8-14-28(3)15-12-20-9-5-6-11-24(20)32-4;/h5-6,9,11,17-19,27H,7-8,10,12-16H2,1-4H3;1H. The first-order valence-electron chi connectivity index (χ1n) is 11.9. The van der Waals surface area contributed by atoms with Crippen molar-refractivity contribution >= 4 is 28.2 Å². The number of para-hydroxylation sites is 1. The van der Waals surface area contributed by atoms with Gasteiger partial charge in [-0.05, 0) is 76.0 Å². The molecule has 2 aromatic rings. The number of benzene rings is 2. The fraction of sp³-hybridized carbons (Fsp3) is 0.500. The van der Waals surface area contributed by atoms with Crippen LogP contribution >= 0.6 is 12.4 Å². The summed E-state index contributed by atoms with van der Waals surface area (Å²) in [5.74, 6) is 1.25. The number of likely N-dealkylation sites (N-methyl/N-ethyl adjacent to an activating group) is 1. The highest BCUT2D eigenvalue weighted by Crippen LogP contribution is 2.34. The van der Waals surface area contributed by atoms with Crippen molar-refractivity contribution in [2.75, 3.05) is 33.9 Å². The molecule has 194 valence electrons. The summed E-state index contributed by atoms with van der Waals surface area (Å²) in [6.07, 6.45) is 3.53. The minimum Gasteiger partial charge on any atom is -0.496 e. The number of sulfonamides is 1. The van der Waals surface area contributed by atoms with Crippen LogP contribution in [0.1, 0.15) is 54.6 Å². The average Bonchev–Trinajstić information content (AvgIpc) is 3.27. The van der Waals surface area contributed by atoms with Gasteiger partial charge in [0.1, 0.15) is 16.4 Å². The Morgan fingerprint density at radius 1 is 1.17 bits per heavy atom. The van der Waals surface area contributed by atoms with Crippen molar-refractivity contribution in [1.82, 2.24) is 9.62 Å². The van der Waals surface area contributed by atoms with Crippen molar-refractivity contribution in [3.63, 3.8) is 0 Å². The van der Waals surface area contributed by atoms with Gasteiger partial charge in [0, 0.05) is 31.0 Å². The van der Waals surface area contributed by atoms with E-state index in [0.717, 1.165) is 43.7 Å². The number of carbonyl (C=O) groups excluding carboxylic acids is 1. The molecule has 0 radical (unpaired) electrons. The Balaban J connectivity index is 0.00000432. The first-order chi connectivity index (χ1) is 16.2. The van der Waals surface area contributed by atoms with E-state index < -0.39 is 10.0 Å². The van der Waals surface area contributed by atoms with Gasteiger partial charge in [-0.25, -0.2) is 13.1 Å². The number of ether oxygens (including phenoxy) is 2. The minimum absolute atomic E-state index is 0. The summed E-state index contributed by atoms with van der Waals surface area (Å²) >= 11 is 0. The van der Waals surface area contributed by atoms with Gasteiger partial charge in [0.2, 0.25) is 10.0 Å². The predicted molar refractivity (Wildman–Crippen MR) is 141 cm³/mol. The van der Waals surface area contributed by atoms with Crippen molar-refractivity contribution in [3.8, 4) is 11.5 Å². The highest BCUT2D eigenvalue weighted by atomic mass is 35.5. The second-order valence-corrected chi connectivity index (χ2v) is 10.8. The van der Waals surface area contributed by atoms with Gasteiger partial charge in [0.05, 0.1) is 13.7 Å². The van der Waals surface area contributed by atoms with Gasteiger partial charge in [0.25, 0.3) is 0 Å². The lowest BCUT2D eigenvalue weighted by molar-refractivity contribution is 0.0978. The summed E-state index contributed by atoms with van der Waals surface area (Å²) in [6.45, 7) is 5.75. The van der Waals surface area contributed by atoms with E-state index >= 15 is 0 Å². The van der Waals surface area contributed by atoms with Gasteiger partial charge in [0.15, 0.2) is 5.78 Å². The molecule has 0 atom stereocenters. The van der Waals surface area contributed by atoms with E-state index in [4.69, 9.17) is 9.47 Å². The van der Waals surface area contributed by atoms with Crippen molar-refractivity contribution in [2.24, 2.45) is 0 Å². The fourth-order valence-corrected chi connectivity index (χ4v) is 5.61.